The Balaban J connectivity index is 0.000000256. The first kappa shape index (κ1) is 31.9. The monoisotopic (exact) mass is 846 g/mol. The second-order valence-corrected chi connectivity index (χ2v) is 10.2. The highest BCUT2D eigenvalue weighted by Gasteiger charge is 2.12. The van der Waals surface area contributed by atoms with Crippen LogP contribution in [0.25, 0.3) is 11.1 Å². The molecule has 0 aliphatic rings. The van der Waals surface area contributed by atoms with E-state index in [9.17, 15) is 0 Å². The fraction of sp³-hybridized carbons (Fsp3) is 0.0400. The van der Waals surface area contributed by atoms with Crippen molar-refractivity contribution in [2.75, 3.05) is 4.93 Å². The smallest absolute Gasteiger partial charge is 0.423 e. The van der Waals surface area contributed by atoms with Gasteiger partial charge >= 0.3 is 7.12 Å². The quantitative estimate of drug-likeness (QED) is 0.120. The highest BCUT2D eigenvalue weighted by molar-refractivity contribution is 14.1. The van der Waals surface area contributed by atoms with Crippen LogP contribution in [-0.2, 0) is 0 Å². The molecule has 0 aliphatic carbocycles. The molecule has 2 nitrogen and oxygen atoms in total. The Hall–Kier alpha value is -0.135. The van der Waals surface area contributed by atoms with Gasteiger partial charge in [-0.3, -0.25) is 0 Å². The van der Waals surface area contributed by atoms with Gasteiger partial charge in [0.15, 0.2) is 0 Å². The van der Waals surface area contributed by atoms with Gasteiger partial charge in [-0.2, -0.15) is 0 Å². The van der Waals surface area contributed by atoms with Crippen LogP contribution >= 0.6 is 100 Å². The molecule has 0 aromatic heterocycles. The van der Waals surface area contributed by atoms with Crippen molar-refractivity contribution in [3.05, 3.63) is 120 Å². The predicted octanol–water partition coefficient (Wildman–Crippen LogP) is 8.89. The number of hydrogen-bond donors (Lipinski definition) is 2. The normalized spacial score (nSPS) is 9.32. The zero-order valence-electron chi connectivity index (χ0n) is 18.0. The molecule has 4 aromatic carbocycles. The van der Waals surface area contributed by atoms with Gasteiger partial charge in [0.05, 0.1) is 0 Å². The molecule has 0 radical (unpaired) electrons. The van der Waals surface area contributed by atoms with Crippen LogP contribution in [0.15, 0.2) is 106 Å². The zero-order chi connectivity index (χ0) is 25.5. The maximum absolute atomic E-state index is 8.73. The highest BCUT2D eigenvalue weighted by Crippen LogP contribution is 2.29. The molecule has 0 unspecified atom stereocenters. The number of halogens is 6. The molecule has 34 heavy (non-hydrogen) atoms. The molecule has 0 aliphatic heterocycles. The minimum Gasteiger partial charge on any atom is -0.423 e. The lowest BCUT2D eigenvalue weighted by Crippen LogP contribution is -2.30. The molecule has 9 heteroatoms. The van der Waals surface area contributed by atoms with E-state index in [-0.39, 0.29) is 0 Å². The fourth-order valence-electron chi connectivity index (χ4n) is 2.50. The van der Waals surface area contributed by atoms with E-state index in [1.807, 2.05) is 77.7 Å². The molecule has 0 bridgehead atoms. The number of benzene rings is 4. The highest BCUT2D eigenvalue weighted by atomic mass is 127. The standard InChI is InChI=1S/C12H8BrCl.C6H6BBrO2.C6H4ClI.CH3I/c13-12-7-2-1-6-11(12)9-4-3-5-10(14)8-9;8-6-4-2-1-3-5(6)7(9)10;7-5-2-1-3-6(8)4-5;1-2/h1-8H;1-4,9-10H;1-4H;1H3. The molecular weight excluding hydrogens is 828 g/mol. The molecule has 0 saturated heterocycles. The Morgan fingerprint density at radius 1 is 0.676 bits per heavy atom. The van der Waals surface area contributed by atoms with Crippen LogP contribution in [0, 0.1) is 3.57 Å². The summed E-state index contributed by atoms with van der Waals surface area (Å²) in [6, 6.07) is 30.6. The maximum atomic E-state index is 8.73. The molecule has 4 rings (SSSR count). The van der Waals surface area contributed by atoms with Crippen LogP contribution in [0.5, 0.6) is 0 Å². The van der Waals surface area contributed by atoms with E-state index in [0.29, 0.717) is 9.94 Å². The summed E-state index contributed by atoms with van der Waals surface area (Å²) in [6.45, 7) is 0. The van der Waals surface area contributed by atoms with E-state index < -0.39 is 7.12 Å². The molecule has 0 spiro atoms. The summed E-state index contributed by atoms with van der Waals surface area (Å²) in [5.74, 6) is 0. The third-order valence-electron chi connectivity index (χ3n) is 3.98. The van der Waals surface area contributed by atoms with E-state index >= 15 is 0 Å². The van der Waals surface area contributed by atoms with Crippen molar-refractivity contribution in [2.45, 2.75) is 0 Å². The molecule has 0 saturated carbocycles. The Kier molecular flexibility index (Phi) is 17.0. The molecule has 0 heterocycles. The Morgan fingerprint density at radius 2 is 1.21 bits per heavy atom. The lowest BCUT2D eigenvalue weighted by atomic mass is 9.80. The van der Waals surface area contributed by atoms with Crippen LogP contribution in [0.4, 0.5) is 0 Å². The van der Waals surface area contributed by atoms with Crippen molar-refractivity contribution >= 4 is 113 Å². The average molecular weight is 849 g/mol. The average Bonchev–Trinajstić information content (AvgIpc) is 2.81. The van der Waals surface area contributed by atoms with E-state index in [1.54, 1.807) is 18.2 Å². The Labute approximate surface area is 255 Å². The molecular formula is C25H21BBr2Cl2I2O2. The largest absolute Gasteiger partial charge is 0.489 e. The van der Waals surface area contributed by atoms with Crippen molar-refractivity contribution in [1.29, 1.82) is 0 Å². The first-order chi connectivity index (χ1) is 16.3. The van der Waals surface area contributed by atoms with Crippen molar-refractivity contribution in [3.63, 3.8) is 0 Å². The van der Waals surface area contributed by atoms with Crippen LogP contribution < -0.4 is 5.46 Å². The Bertz CT molecular complexity index is 1130. The van der Waals surface area contributed by atoms with Gasteiger partial charge in [0, 0.05) is 22.6 Å². The van der Waals surface area contributed by atoms with Crippen molar-refractivity contribution < 1.29 is 10.0 Å². The van der Waals surface area contributed by atoms with Gasteiger partial charge in [0.2, 0.25) is 0 Å². The SMILES string of the molecule is CI.Clc1cccc(-c2ccccc2Br)c1.Clc1cccc(I)c1.OB(O)c1ccccc1Br. The summed E-state index contributed by atoms with van der Waals surface area (Å²) in [5.41, 5.74) is 2.78. The van der Waals surface area contributed by atoms with E-state index in [1.165, 1.54) is 3.57 Å². The molecule has 2 N–H and O–H groups in total. The van der Waals surface area contributed by atoms with Gasteiger partial charge in [0.1, 0.15) is 0 Å². The molecule has 0 fully saturated rings. The fourth-order valence-corrected chi connectivity index (χ4v) is 4.61. The van der Waals surface area contributed by atoms with Gasteiger partial charge in [-0.15, -0.1) is 0 Å². The van der Waals surface area contributed by atoms with E-state index in [0.717, 1.165) is 25.6 Å². The molecule has 178 valence electrons. The molecule has 4 aromatic rings. The van der Waals surface area contributed by atoms with Crippen LogP contribution in [0.3, 0.4) is 0 Å². The summed E-state index contributed by atoms with van der Waals surface area (Å²) in [5, 5.41) is 19.0. The van der Waals surface area contributed by atoms with Crippen LogP contribution in [0.2, 0.25) is 10.0 Å². The predicted molar refractivity (Wildman–Crippen MR) is 173 cm³/mol. The number of rotatable bonds is 2. The van der Waals surface area contributed by atoms with Gasteiger partial charge in [-0.1, -0.05) is 132 Å². The summed E-state index contributed by atoms with van der Waals surface area (Å²) >= 11 is 22.6. The topological polar surface area (TPSA) is 40.5 Å². The van der Waals surface area contributed by atoms with Crippen molar-refractivity contribution in [2.24, 2.45) is 0 Å². The van der Waals surface area contributed by atoms with Gasteiger partial charge in [-0.25, -0.2) is 0 Å². The van der Waals surface area contributed by atoms with Gasteiger partial charge in [0.25, 0.3) is 0 Å². The van der Waals surface area contributed by atoms with Crippen LogP contribution in [-0.4, -0.2) is 22.1 Å². The second kappa shape index (κ2) is 18.2. The number of alkyl halides is 1. The summed E-state index contributed by atoms with van der Waals surface area (Å²) < 4.78 is 2.97. The third kappa shape index (κ3) is 12.2. The summed E-state index contributed by atoms with van der Waals surface area (Å²) in [7, 11) is -1.39. The lowest BCUT2D eigenvalue weighted by molar-refractivity contribution is 0.425. The minimum absolute atomic E-state index is 0.488. The first-order valence-electron chi connectivity index (χ1n) is 9.68. The minimum atomic E-state index is -1.39. The maximum Gasteiger partial charge on any atom is 0.489 e. The van der Waals surface area contributed by atoms with E-state index in [4.69, 9.17) is 33.2 Å². The van der Waals surface area contributed by atoms with Crippen molar-refractivity contribution in [3.8, 4) is 11.1 Å². The number of hydrogen-bond acceptors (Lipinski definition) is 2. The van der Waals surface area contributed by atoms with Gasteiger partial charge < -0.3 is 10.0 Å². The summed E-state index contributed by atoms with van der Waals surface area (Å²) in [6.07, 6.45) is 0. The molecule has 0 atom stereocenters. The van der Waals surface area contributed by atoms with E-state index in [2.05, 4.69) is 83.1 Å². The molecule has 0 amide bonds. The first-order valence-corrected chi connectivity index (χ1v) is 15.3. The Morgan fingerprint density at radius 3 is 1.65 bits per heavy atom. The van der Waals surface area contributed by atoms with Gasteiger partial charge in [-0.05, 0) is 86.6 Å². The lowest BCUT2D eigenvalue weighted by Gasteiger charge is -2.04. The second-order valence-electron chi connectivity index (χ2n) is 6.33. The van der Waals surface area contributed by atoms with Crippen LogP contribution in [0.1, 0.15) is 0 Å². The third-order valence-corrected chi connectivity index (χ3v) is 6.53. The van der Waals surface area contributed by atoms with Crippen molar-refractivity contribution in [1.82, 2.24) is 0 Å². The zero-order valence-corrected chi connectivity index (χ0v) is 27.0. The summed E-state index contributed by atoms with van der Waals surface area (Å²) in [4.78, 5) is 1.97.